The van der Waals surface area contributed by atoms with Gasteiger partial charge in [0.25, 0.3) is 0 Å². The average Bonchev–Trinajstić information content (AvgIpc) is 3.08. The molecule has 0 aliphatic carbocycles. The average molecular weight is 435 g/mol. The van der Waals surface area contributed by atoms with Crippen molar-refractivity contribution in [1.82, 2.24) is 0 Å². The summed E-state index contributed by atoms with van der Waals surface area (Å²) in [6, 6.07) is 17.6. The van der Waals surface area contributed by atoms with E-state index in [9.17, 15) is 14.4 Å². The Morgan fingerprint density at radius 3 is 2.42 bits per heavy atom. The summed E-state index contributed by atoms with van der Waals surface area (Å²) in [5, 5.41) is 0.281. The predicted molar refractivity (Wildman–Crippen MR) is 114 cm³/mol. The third-order valence-electron chi connectivity index (χ3n) is 4.58. The van der Waals surface area contributed by atoms with Gasteiger partial charge in [-0.1, -0.05) is 35.9 Å². The summed E-state index contributed by atoms with van der Waals surface area (Å²) in [5.74, 6) is -0.728. The topological polar surface area (TPSA) is 78.9 Å². The molecule has 6 nitrogen and oxygen atoms in total. The molecule has 0 spiro atoms. The fraction of sp³-hybridized carbons (Fsp3) is 0.0417. The number of fused-ring (bicyclic) bond motifs is 1. The first-order valence-electron chi connectivity index (χ1n) is 9.19. The molecule has 4 rings (SSSR count). The largest absolute Gasteiger partial charge is 0.465 e. The van der Waals surface area contributed by atoms with Crippen LogP contribution in [0.4, 0.5) is 0 Å². The fourth-order valence-electron chi connectivity index (χ4n) is 3.00. The van der Waals surface area contributed by atoms with E-state index < -0.39 is 11.9 Å². The van der Waals surface area contributed by atoms with Crippen LogP contribution in [0.1, 0.15) is 36.6 Å². The van der Waals surface area contributed by atoms with Gasteiger partial charge in [-0.15, -0.1) is 0 Å². The Morgan fingerprint density at radius 2 is 1.71 bits per heavy atom. The van der Waals surface area contributed by atoms with E-state index in [4.69, 9.17) is 21.1 Å². The van der Waals surface area contributed by atoms with Crippen LogP contribution in [0.3, 0.4) is 0 Å². The summed E-state index contributed by atoms with van der Waals surface area (Å²) in [5.41, 5.74) is 1.67. The third kappa shape index (κ3) is 4.20. The SMILES string of the molecule is COC(=O)c1ccc(C=C2Oc3cc(OC(=O)c4ccccc4Cl)ccc3C2=O)cc1. The summed E-state index contributed by atoms with van der Waals surface area (Å²) in [4.78, 5) is 36.5. The molecule has 0 saturated heterocycles. The lowest BCUT2D eigenvalue weighted by atomic mass is 10.1. The second-order valence-corrected chi connectivity index (χ2v) is 6.99. The Labute approximate surface area is 182 Å². The molecule has 0 N–H and O–H groups in total. The first-order valence-corrected chi connectivity index (χ1v) is 9.57. The Kier molecular flexibility index (Phi) is 5.56. The highest BCUT2D eigenvalue weighted by atomic mass is 35.5. The van der Waals surface area contributed by atoms with Crippen LogP contribution >= 0.6 is 11.6 Å². The molecule has 31 heavy (non-hydrogen) atoms. The van der Waals surface area contributed by atoms with Gasteiger partial charge in [0.05, 0.1) is 28.8 Å². The minimum Gasteiger partial charge on any atom is -0.465 e. The number of benzene rings is 3. The number of methoxy groups -OCH3 is 1. The van der Waals surface area contributed by atoms with Crippen molar-refractivity contribution >= 4 is 35.4 Å². The zero-order chi connectivity index (χ0) is 22.0. The van der Waals surface area contributed by atoms with Crippen LogP contribution < -0.4 is 9.47 Å². The van der Waals surface area contributed by atoms with E-state index in [-0.39, 0.29) is 33.6 Å². The second kappa shape index (κ2) is 8.45. The van der Waals surface area contributed by atoms with Crippen molar-refractivity contribution in [1.29, 1.82) is 0 Å². The van der Waals surface area contributed by atoms with E-state index in [1.165, 1.54) is 25.3 Å². The van der Waals surface area contributed by atoms with E-state index in [2.05, 4.69) is 4.74 Å². The molecule has 3 aromatic carbocycles. The van der Waals surface area contributed by atoms with Gasteiger partial charge in [-0.25, -0.2) is 9.59 Å². The maximum Gasteiger partial charge on any atom is 0.345 e. The zero-order valence-corrected chi connectivity index (χ0v) is 17.0. The molecule has 0 fully saturated rings. The van der Waals surface area contributed by atoms with Gasteiger partial charge in [0.2, 0.25) is 5.78 Å². The maximum absolute atomic E-state index is 12.6. The fourth-order valence-corrected chi connectivity index (χ4v) is 3.22. The monoisotopic (exact) mass is 434 g/mol. The molecule has 0 aromatic heterocycles. The molecule has 0 atom stereocenters. The second-order valence-electron chi connectivity index (χ2n) is 6.58. The molecular formula is C24H15ClO6. The number of hydrogen-bond donors (Lipinski definition) is 0. The number of halogens is 1. The highest BCUT2D eigenvalue weighted by Gasteiger charge is 2.28. The maximum atomic E-state index is 12.6. The van der Waals surface area contributed by atoms with Crippen LogP contribution in [0.15, 0.2) is 72.5 Å². The van der Waals surface area contributed by atoms with Crippen LogP contribution in [-0.4, -0.2) is 24.8 Å². The van der Waals surface area contributed by atoms with Crippen molar-refractivity contribution in [2.75, 3.05) is 7.11 Å². The number of hydrogen-bond acceptors (Lipinski definition) is 6. The molecule has 3 aromatic rings. The van der Waals surface area contributed by atoms with Crippen molar-refractivity contribution in [3.63, 3.8) is 0 Å². The lowest BCUT2D eigenvalue weighted by Gasteiger charge is -2.06. The minimum atomic E-state index is -0.615. The summed E-state index contributed by atoms with van der Waals surface area (Å²) in [6.07, 6.45) is 1.57. The molecule has 0 bridgehead atoms. The molecular weight excluding hydrogens is 420 g/mol. The number of ketones is 1. The highest BCUT2D eigenvalue weighted by molar-refractivity contribution is 6.33. The predicted octanol–water partition coefficient (Wildman–Crippen LogP) is 4.96. The first kappa shape index (κ1) is 20.4. The number of carbonyl (C=O) groups is 3. The number of ether oxygens (including phenoxy) is 3. The van der Waals surface area contributed by atoms with E-state index >= 15 is 0 Å². The van der Waals surface area contributed by atoms with E-state index in [0.29, 0.717) is 16.7 Å². The first-order chi connectivity index (χ1) is 15.0. The summed E-state index contributed by atoms with van der Waals surface area (Å²) in [7, 11) is 1.31. The van der Waals surface area contributed by atoms with Gasteiger partial charge < -0.3 is 14.2 Å². The summed E-state index contributed by atoms with van der Waals surface area (Å²) in [6.45, 7) is 0. The van der Waals surface area contributed by atoms with Crippen LogP contribution in [-0.2, 0) is 4.74 Å². The number of allylic oxidation sites excluding steroid dienone is 1. The number of esters is 2. The quantitative estimate of drug-likeness (QED) is 0.328. The van der Waals surface area contributed by atoms with Gasteiger partial charge in [0.15, 0.2) is 5.76 Å². The standard InChI is InChI=1S/C24H15ClO6/c1-29-23(27)15-8-6-14(7-9-15)12-21-22(26)18-11-10-16(13-20(18)31-21)30-24(28)17-4-2-3-5-19(17)25/h2-13H,1H3. The molecule has 1 aliphatic rings. The Balaban J connectivity index is 1.53. The van der Waals surface area contributed by atoms with Gasteiger partial charge in [-0.3, -0.25) is 4.79 Å². The zero-order valence-electron chi connectivity index (χ0n) is 16.3. The Morgan fingerprint density at radius 1 is 0.968 bits per heavy atom. The molecule has 0 saturated carbocycles. The van der Waals surface area contributed by atoms with Crippen LogP contribution in [0, 0.1) is 0 Å². The molecule has 0 unspecified atom stereocenters. The number of carbonyl (C=O) groups excluding carboxylic acids is 3. The molecule has 1 heterocycles. The number of rotatable bonds is 4. The molecule has 7 heteroatoms. The van der Waals surface area contributed by atoms with Gasteiger partial charge in [0.1, 0.15) is 11.5 Å². The van der Waals surface area contributed by atoms with E-state index in [1.807, 2.05) is 0 Å². The summed E-state index contributed by atoms with van der Waals surface area (Å²) < 4.78 is 15.7. The minimum absolute atomic E-state index is 0.121. The van der Waals surface area contributed by atoms with Crippen molar-refractivity contribution < 1.29 is 28.6 Å². The van der Waals surface area contributed by atoms with E-state index in [1.54, 1.807) is 54.6 Å². The normalized spacial score (nSPS) is 13.5. The molecule has 0 amide bonds. The van der Waals surface area contributed by atoms with Gasteiger partial charge in [-0.05, 0) is 48.0 Å². The lowest BCUT2D eigenvalue weighted by Crippen LogP contribution is -2.09. The Bertz CT molecular complexity index is 1230. The van der Waals surface area contributed by atoms with E-state index in [0.717, 1.165) is 0 Å². The molecule has 0 radical (unpaired) electrons. The van der Waals surface area contributed by atoms with Gasteiger partial charge in [0, 0.05) is 6.07 Å². The number of Topliss-reactive ketones (excluding diaryl/α,β-unsaturated/α-hetero) is 1. The van der Waals surface area contributed by atoms with Gasteiger partial charge >= 0.3 is 11.9 Å². The summed E-state index contributed by atoms with van der Waals surface area (Å²) >= 11 is 6.03. The Hall–Kier alpha value is -3.90. The van der Waals surface area contributed by atoms with Gasteiger partial charge in [-0.2, -0.15) is 0 Å². The van der Waals surface area contributed by atoms with Crippen molar-refractivity contribution in [3.8, 4) is 11.5 Å². The third-order valence-corrected chi connectivity index (χ3v) is 4.90. The molecule has 154 valence electrons. The molecule has 1 aliphatic heterocycles. The van der Waals surface area contributed by atoms with Crippen molar-refractivity contribution in [3.05, 3.63) is 99.8 Å². The van der Waals surface area contributed by atoms with Crippen LogP contribution in [0.2, 0.25) is 5.02 Å². The van der Waals surface area contributed by atoms with Crippen LogP contribution in [0.5, 0.6) is 11.5 Å². The van der Waals surface area contributed by atoms with Crippen LogP contribution in [0.25, 0.3) is 6.08 Å². The highest BCUT2D eigenvalue weighted by Crippen LogP contribution is 2.35. The van der Waals surface area contributed by atoms with Crippen molar-refractivity contribution in [2.24, 2.45) is 0 Å². The van der Waals surface area contributed by atoms with Crippen molar-refractivity contribution in [2.45, 2.75) is 0 Å². The lowest BCUT2D eigenvalue weighted by molar-refractivity contribution is 0.0600. The smallest absolute Gasteiger partial charge is 0.345 e.